The van der Waals surface area contributed by atoms with Crippen molar-refractivity contribution in [1.82, 2.24) is 5.32 Å². The Labute approximate surface area is 102 Å². The van der Waals surface area contributed by atoms with Crippen molar-refractivity contribution in [2.75, 3.05) is 7.05 Å². The lowest BCUT2D eigenvalue weighted by Crippen LogP contribution is -2.17. The summed E-state index contributed by atoms with van der Waals surface area (Å²) in [4.78, 5) is 0. The van der Waals surface area contributed by atoms with Crippen molar-refractivity contribution in [2.45, 2.75) is 13.0 Å². The van der Waals surface area contributed by atoms with Gasteiger partial charge in [0.05, 0.1) is 6.04 Å². The monoisotopic (exact) mass is 227 g/mol. The first-order chi connectivity index (χ1) is 8.20. The lowest BCUT2D eigenvalue weighted by molar-refractivity contribution is 0.475. The lowest BCUT2D eigenvalue weighted by Gasteiger charge is -2.17. The van der Waals surface area contributed by atoms with Crippen molar-refractivity contribution < 1.29 is 5.11 Å². The second kappa shape index (κ2) is 5.02. The van der Waals surface area contributed by atoms with E-state index in [9.17, 15) is 5.11 Å². The topological polar surface area (TPSA) is 32.3 Å². The van der Waals surface area contributed by atoms with Crippen LogP contribution < -0.4 is 5.32 Å². The lowest BCUT2D eigenvalue weighted by atomic mass is 9.98. The van der Waals surface area contributed by atoms with Crippen LogP contribution in [0.15, 0.2) is 48.5 Å². The van der Waals surface area contributed by atoms with Crippen LogP contribution in [0.4, 0.5) is 0 Å². The third-order valence-electron chi connectivity index (χ3n) is 2.93. The molecule has 0 aliphatic rings. The molecule has 0 fully saturated rings. The van der Waals surface area contributed by atoms with Crippen LogP contribution in [0.2, 0.25) is 0 Å². The highest BCUT2D eigenvalue weighted by molar-refractivity contribution is 5.35. The molecule has 0 aromatic heterocycles. The quantitative estimate of drug-likeness (QED) is 0.844. The average molecular weight is 227 g/mol. The van der Waals surface area contributed by atoms with Crippen LogP contribution in [0.5, 0.6) is 5.75 Å². The van der Waals surface area contributed by atoms with Crippen molar-refractivity contribution in [3.05, 3.63) is 65.2 Å². The van der Waals surface area contributed by atoms with Gasteiger partial charge in [-0.15, -0.1) is 0 Å². The summed E-state index contributed by atoms with van der Waals surface area (Å²) < 4.78 is 0. The minimum absolute atomic E-state index is 0.163. The highest BCUT2D eigenvalue weighted by atomic mass is 16.3. The Hall–Kier alpha value is -1.80. The molecule has 0 spiro atoms. The van der Waals surface area contributed by atoms with E-state index in [4.69, 9.17) is 0 Å². The number of benzene rings is 2. The molecule has 2 nitrogen and oxygen atoms in total. The fourth-order valence-corrected chi connectivity index (χ4v) is 1.95. The van der Waals surface area contributed by atoms with Gasteiger partial charge in [0.2, 0.25) is 0 Å². The van der Waals surface area contributed by atoms with E-state index in [1.165, 1.54) is 11.1 Å². The maximum atomic E-state index is 9.30. The van der Waals surface area contributed by atoms with Crippen LogP contribution in [-0.2, 0) is 0 Å². The van der Waals surface area contributed by atoms with E-state index in [0.717, 1.165) is 5.56 Å². The molecule has 0 aliphatic heterocycles. The Bertz CT molecular complexity index is 428. The van der Waals surface area contributed by atoms with Crippen LogP contribution in [0.1, 0.15) is 22.7 Å². The highest BCUT2D eigenvalue weighted by Crippen LogP contribution is 2.23. The highest BCUT2D eigenvalue weighted by Gasteiger charge is 2.11. The van der Waals surface area contributed by atoms with Gasteiger partial charge in [0, 0.05) is 0 Å². The van der Waals surface area contributed by atoms with Crippen LogP contribution in [0.3, 0.4) is 0 Å². The normalized spacial score (nSPS) is 12.4. The summed E-state index contributed by atoms with van der Waals surface area (Å²) in [6.07, 6.45) is 0. The van der Waals surface area contributed by atoms with Gasteiger partial charge in [-0.3, -0.25) is 0 Å². The average Bonchev–Trinajstić information content (AvgIpc) is 2.35. The molecule has 88 valence electrons. The third kappa shape index (κ3) is 2.66. The summed E-state index contributed by atoms with van der Waals surface area (Å²) in [6, 6.07) is 16.0. The smallest absolute Gasteiger partial charge is 0.115 e. The summed E-state index contributed by atoms with van der Waals surface area (Å²) in [7, 11) is 1.94. The molecule has 0 saturated carbocycles. The molecular weight excluding hydrogens is 210 g/mol. The zero-order valence-electron chi connectivity index (χ0n) is 10.1. The van der Waals surface area contributed by atoms with E-state index in [1.54, 1.807) is 12.1 Å². The molecule has 2 aromatic rings. The predicted molar refractivity (Wildman–Crippen MR) is 70.2 cm³/mol. The van der Waals surface area contributed by atoms with Gasteiger partial charge in [0.15, 0.2) is 0 Å². The number of nitrogens with one attached hydrogen (secondary N) is 1. The van der Waals surface area contributed by atoms with Gasteiger partial charge < -0.3 is 10.4 Å². The molecule has 1 unspecified atom stereocenters. The fraction of sp³-hybridized carbons (Fsp3) is 0.200. The first-order valence-electron chi connectivity index (χ1n) is 5.73. The molecule has 0 radical (unpaired) electrons. The van der Waals surface area contributed by atoms with Gasteiger partial charge in [0.25, 0.3) is 0 Å². The van der Waals surface area contributed by atoms with Crippen molar-refractivity contribution in [3.63, 3.8) is 0 Å². The minimum Gasteiger partial charge on any atom is -0.508 e. The second-order valence-electron chi connectivity index (χ2n) is 4.22. The maximum absolute atomic E-state index is 9.30. The predicted octanol–water partition coefficient (Wildman–Crippen LogP) is 3.01. The molecule has 2 N–H and O–H groups in total. The molecule has 2 heteroatoms. The van der Waals surface area contributed by atoms with E-state index in [2.05, 4.69) is 36.5 Å². The molecule has 0 heterocycles. The molecule has 2 aromatic carbocycles. The van der Waals surface area contributed by atoms with Gasteiger partial charge in [-0.2, -0.15) is 0 Å². The van der Waals surface area contributed by atoms with Crippen molar-refractivity contribution in [2.24, 2.45) is 0 Å². The van der Waals surface area contributed by atoms with Gasteiger partial charge >= 0.3 is 0 Å². The molecule has 1 atom stereocenters. The van der Waals surface area contributed by atoms with Crippen LogP contribution in [-0.4, -0.2) is 12.2 Å². The number of hydrogen-bond acceptors (Lipinski definition) is 2. The molecule has 2 rings (SSSR count). The molecule has 0 bridgehead atoms. The van der Waals surface area contributed by atoms with E-state index >= 15 is 0 Å². The van der Waals surface area contributed by atoms with Gasteiger partial charge in [0.1, 0.15) is 5.75 Å². The van der Waals surface area contributed by atoms with E-state index < -0.39 is 0 Å². The summed E-state index contributed by atoms with van der Waals surface area (Å²) >= 11 is 0. The fourth-order valence-electron chi connectivity index (χ4n) is 1.95. The third-order valence-corrected chi connectivity index (χ3v) is 2.93. The van der Waals surface area contributed by atoms with Crippen LogP contribution in [0, 0.1) is 6.92 Å². The summed E-state index contributed by atoms with van der Waals surface area (Å²) in [5, 5.41) is 12.6. The Morgan fingerprint density at radius 2 is 1.35 bits per heavy atom. The second-order valence-corrected chi connectivity index (χ2v) is 4.22. The molecule has 0 amide bonds. The number of aryl methyl sites for hydroxylation is 1. The Morgan fingerprint density at radius 3 is 1.82 bits per heavy atom. The summed E-state index contributed by atoms with van der Waals surface area (Å²) in [5.74, 6) is 0.299. The molecule has 0 aliphatic carbocycles. The number of hydrogen-bond donors (Lipinski definition) is 2. The zero-order chi connectivity index (χ0) is 12.3. The molecular formula is C15H17NO. The summed E-state index contributed by atoms with van der Waals surface area (Å²) in [5.41, 5.74) is 3.63. The minimum atomic E-state index is 0.163. The number of phenolic OH excluding ortho intramolecular Hbond substituents is 1. The molecule has 0 saturated heterocycles. The van der Waals surface area contributed by atoms with E-state index in [1.807, 2.05) is 19.2 Å². The summed E-state index contributed by atoms with van der Waals surface area (Å²) in [6.45, 7) is 2.08. The Morgan fingerprint density at radius 1 is 0.882 bits per heavy atom. The van der Waals surface area contributed by atoms with E-state index in [-0.39, 0.29) is 6.04 Å². The standard InChI is InChI=1S/C15H17NO/c1-11-3-5-12(6-4-11)15(16-2)13-7-9-14(17)10-8-13/h3-10,15-17H,1-2H3. The largest absolute Gasteiger partial charge is 0.508 e. The number of phenols is 1. The van der Waals surface area contributed by atoms with Crippen molar-refractivity contribution in [1.29, 1.82) is 0 Å². The first kappa shape index (κ1) is 11.7. The number of aromatic hydroxyl groups is 1. The maximum Gasteiger partial charge on any atom is 0.115 e. The van der Waals surface area contributed by atoms with Gasteiger partial charge in [-0.1, -0.05) is 42.0 Å². The zero-order valence-corrected chi connectivity index (χ0v) is 10.1. The molecule has 17 heavy (non-hydrogen) atoms. The van der Waals surface area contributed by atoms with Crippen LogP contribution >= 0.6 is 0 Å². The first-order valence-corrected chi connectivity index (χ1v) is 5.73. The Kier molecular flexibility index (Phi) is 3.45. The van der Waals surface area contributed by atoms with Gasteiger partial charge in [-0.25, -0.2) is 0 Å². The number of rotatable bonds is 3. The van der Waals surface area contributed by atoms with Gasteiger partial charge in [-0.05, 0) is 37.2 Å². The van der Waals surface area contributed by atoms with E-state index in [0.29, 0.717) is 5.75 Å². The Balaban J connectivity index is 2.33. The van der Waals surface area contributed by atoms with Crippen molar-refractivity contribution >= 4 is 0 Å². The SMILES string of the molecule is CNC(c1ccc(C)cc1)c1ccc(O)cc1. The van der Waals surface area contributed by atoms with Crippen molar-refractivity contribution in [3.8, 4) is 5.75 Å². The van der Waals surface area contributed by atoms with Crippen LogP contribution in [0.25, 0.3) is 0 Å².